The lowest BCUT2D eigenvalue weighted by atomic mass is 10.2. The molecule has 0 atom stereocenters. The Kier molecular flexibility index (Phi) is 4.07. The maximum atomic E-state index is 12.8. The van der Waals surface area contributed by atoms with Crippen molar-refractivity contribution in [2.45, 2.75) is 52.1 Å². The van der Waals surface area contributed by atoms with Gasteiger partial charge in [0.25, 0.3) is 5.56 Å². The number of nitrogens with zero attached hydrogens (tertiary/aromatic N) is 4. The van der Waals surface area contributed by atoms with Gasteiger partial charge in [-0.3, -0.25) is 18.6 Å². The molecule has 1 aliphatic carbocycles. The SMILES string of the molecule is CC(C)Cn1c(=O)c2sccc2n2c(CCC(=O)NC3CC3)nnc12. The van der Waals surface area contributed by atoms with Crippen molar-refractivity contribution < 1.29 is 4.79 Å². The van der Waals surface area contributed by atoms with Crippen molar-refractivity contribution in [3.8, 4) is 0 Å². The van der Waals surface area contributed by atoms with Crippen molar-refractivity contribution in [1.29, 1.82) is 0 Å². The van der Waals surface area contributed by atoms with Crippen molar-refractivity contribution >= 4 is 33.2 Å². The van der Waals surface area contributed by atoms with E-state index in [1.54, 1.807) is 4.57 Å². The number of rotatable bonds is 6. The van der Waals surface area contributed by atoms with Gasteiger partial charge in [0, 0.05) is 25.4 Å². The summed E-state index contributed by atoms with van der Waals surface area (Å²) in [5.74, 6) is 1.66. The highest BCUT2D eigenvalue weighted by molar-refractivity contribution is 7.17. The van der Waals surface area contributed by atoms with E-state index < -0.39 is 0 Å². The van der Waals surface area contributed by atoms with Crippen LogP contribution in [0.25, 0.3) is 16.0 Å². The van der Waals surface area contributed by atoms with Gasteiger partial charge in [0.2, 0.25) is 11.7 Å². The van der Waals surface area contributed by atoms with Crippen LogP contribution in [0.3, 0.4) is 0 Å². The Hall–Kier alpha value is -2.22. The third-order valence-corrected chi connectivity index (χ3v) is 5.24. The van der Waals surface area contributed by atoms with E-state index in [4.69, 9.17) is 0 Å². The highest BCUT2D eigenvalue weighted by atomic mass is 32.1. The van der Waals surface area contributed by atoms with Crippen LogP contribution in [0.5, 0.6) is 0 Å². The first-order valence-electron chi connectivity index (χ1n) is 8.68. The Morgan fingerprint density at radius 2 is 2.20 bits per heavy atom. The van der Waals surface area contributed by atoms with Gasteiger partial charge in [-0.15, -0.1) is 21.5 Å². The first-order chi connectivity index (χ1) is 12.0. The zero-order valence-electron chi connectivity index (χ0n) is 14.4. The molecule has 0 unspecified atom stereocenters. The van der Waals surface area contributed by atoms with Crippen molar-refractivity contribution in [2.24, 2.45) is 5.92 Å². The minimum absolute atomic E-state index is 0.0170. The third kappa shape index (κ3) is 3.06. The molecule has 0 aliphatic heterocycles. The fourth-order valence-electron chi connectivity index (χ4n) is 3.03. The standard InChI is InChI=1S/C17H21N5O2S/c1-10(2)9-21-16(24)15-12(7-8-25-15)22-13(19-20-17(21)22)5-6-14(23)18-11-3-4-11/h7-8,10-11H,3-6,9H2,1-2H3,(H,18,23). The van der Waals surface area contributed by atoms with Crippen LogP contribution in [0.4, 0.5) is 0 Å². The van der Waals surface area contributed by atoms with Crippen LogP contribution in [-0.2, 0) is 17.8 Å². The van der Waals surface area contributed by atoms with E-state index in [0.29, 0.717) is 41.8 Å². The summed E-state index contributed by atoms with van der Waals surface area (Å²) in [5, 5.41) is 13.4. The predicted octanol–water partition coefficient (Wildman–Crippen LogP) is 1.97. The molecule has 4 rings (SSSR count). The molecule has 7 nitrogen and oxygen atoms in total. The van der Waals surface area contributed by atoms with E-state index in [9.17, 15) is 9.59 Å². The first kappa shape index (κ1) is 16.3. The number of aryl methyl sites for hydroxylation is 1. The van der Waals surface area contributed by atoms with Gasteiger partial charge < -0.3 is 5.32 Å². The summed E-state index contributed by atoms with van der Waals surface area (Å²) in [7, 11) is 0. The molecule has 3 aromatic rings. The second kappa shape index (κ2) is 6.25. The number of thiophene rings is 1. The number of aromatic nitrogens is 4. The molecule has 1 fully saturated rings. The van der Waals surface area contributed by atoms with Crippen LogP contribution >= 0.6 is 11.3 Å². The number of fused-ring (bicyclic) bond motifs is 3. The Bertz CT molecular complexity index is 996. The summed E-state index contributed by atoms with van der Waals surface area (Å²) in [6.07, 6.45) is 3.05. The number of amides is 1. The molecule has 1 N–H and O–H groups in total. The second-order valence-electron chi connectivity index (χ2n) is 7.04. The first-order valence-corrected chi connectivity index (χ1v) is 9.56. The maximum absolute atomic E-state index is 12.8. The molecule has 1 saturated carbocycles. The van der Waals surface area contributed by atoms with Crippen molar-refractivity contribution in [3.05, 3.63) is 27.6 Å². The topological polar surface area (TPSA) is 81.3 Å². The molecule has 0 bridgehead atoms. The largest absolute Gasteiger partial charge is 0.353 e. The molecule has 132 valence electrons. The molecule has 0 saturated heterocycles. The van der Waals surface area contributed by atoms with Crippen LogP contribution in [0.2, 0.25) is 0 Å². The summed E-state index contributed by atoms with van der Waals surface area (Å²) in [6, 6.07) is 2.29. The van der Waals surface area contributed by atoms with Gasteiger partial charge in [-0.1, -0.05) is 13.8 Å². The van der Waals surface area contributed by atoms with Crippen LogP contribution in [0.1, 0.15) is 38.9 Å². The molecule has 0 radical (unpaired) electrons. The van der Waals surface area contributed by atoms with E-state index in [0.717, 1.165) is 24.2 Å². The van der Waals surface area contributed by atoms with Gasteiger partial charge in [-0.25, -0.2) is 0 Å². The van der Waals surface area contributed by atoms with Crippen molar-refractivity contribution in [1.82, 2.24) is 24.5 Å². The number of hydrogen-bond acceptors (Lipinski definition) is 5. The van der Waals surface area contributed by atoms with Gasteiger partial charge in [0.1, 0.15) is 10.5 Å². The number of hydrogen-bond donors (Lipinski definition) is 1. The Morgan fingerprint density at radius 1 is 1.40 bits per heavy atom. The lowest BCUT2D eigenvalue weighted by molar-refractivity contribution is -0.121. The van der Waals surface area contributed by atoms with Gasteiger partial charge in [-0.2, -0.15) is 0 Å². The van der Waals surface area contributed by atoms with Crippen molar-refractivity contribution in [2.75, 3.05) is 0 Å². The molecule has 25 heavy (non-hydrogen) atoms. The Morgan fingerprint density at radius 3 is 2.92 bits per heavy atom. The predicted molar refractivity (Wildman–Crippen MR) is 97.0 cm³/mol. The fraction of sp³-hybridized carbons (Fsp3) is 0.529. The monoisotopic (exact) mass is 359 g/mol. The molecule has 1 aliphatic rings. The highest BCUT2D eigenvalue weighted by Crippen LogP contribution is 2.21. The van der Waals surface area contributed by atoms with Crippen LogP contribution in [-0.4, -0.2) is 31.1 Å². The lowest BCUT2D eigenvalue weighted by Gasteiger charge is -2.11. The fourth-order valence-corrected chi connectivity index (χ4v) is 3.85. The second-order valence-corrected chi connectivity index (χ2v) is 7.95. The van der Waals surface area contributed by atoms with Crippen LogP contribution < -0.4 is 10.9 Å². The number of carbonyl (C=O) groups is 1. The summed E-state index contributed by atoms with van der Waals surface area (Å²) in [6.45, 7) is 4.73. The Balaban J connectivity index is 1.74. The number of carbonyl (C=O) groups excluding carboxylic acids is 1. The zero-order valence-corrected chi connectivity index (χ0v) is 15.2. The molecule has 3 aromatic heterocycles. The summed E-state index contributed by atoms with van der Waals surface area (Å²) in [4.78, 5) is 24.8. The zero-order chi connectivity index (χ0) is 17.6. The summed E-state index contributed by atoms with van der Waals surface area (Å²) >= 11 is 1.43. The molecule has 1 amide bonds. The maximum Gasteiger partial charge on any atom is 0.272 e. The minimum Gasteiger partial charge on any atom is -0.353 e. The third-order valence-electron chi connectivity index (χ3n) is 4.35. The van der Waals surface area contributed by atoms with Gasteiger partial charge >= 0.3 is 0 Å². The molecular formula is C17H21N5O2S. The van der Waals surface area contributed by atoms with E-state index in [-0.39, 0.29) is 11.5 Å². The average molecular weight is 359 g/mol. The molecular weight excluding hydrogens is 338 g/mol. The van der Waals surface area contributed by atoms with E-state index in [2.05, 4.69) is 29.4 Å². The van der Waals surface area contributed by atoms with E-state index >= 15 is 0 Å². The van der Waals surface area contributed by atoms with Crippen molar-refractivity contribution in [3.63, 3.8) is 0 Å². The normalized spacial score (nSPS) is 14.7. The molecule has 0 aromatic carbocycles. The highest BCUT2D eigenvalue weighted by Gasteiger charge is 2.23. The summed E-state index contributed by atoms with van der Waals surface area (Å²) < 4.78 is 4.33. The van der Waals surface area contributed by atoms with E-state index in [1.165, 1.54) is 11.3 Å². The molecule has 0 spiro atoms. The lowest BCUT2D eigenvalue weighted by Crippen LogP contribution is -2.26. The van der Waals surface area contributed by atoms with Gasteiger partial charge in [0.05, 0.1) is 5.52 Å². The Labute approximate surface area is 148 Å². The number of nitrogens with one attached hydrogen (secondary N) is 1. The van der Waals surface area contributed by atoms with Gasteiger partial charge in [0.15, 0.2) is 0 Å². The molecule has 3 heterocycles. The van der Waals surface area contributed by atoms with Crippen LogP contribution in [0.15, 0.2) is 16.2 Å². The molecule has 8 heteroatoms. The van der Waals surface area contributed by atoms with E-state index in [1.807, 2.05) is 15.8 Å². The average Bonchev–Trinajstić information content (AvgIpc) is 3.09. The minimum atomic E-state index is -0.0170. The van der Waals surface area contributed by atoms with Gasteiger partial charge in [-0.05, 0) is 30.2 Å². The quantitative estimate of drug-likeness (QED) is 0.730. The smallest absolute Gasteiger partial charge is 0.272 e. The summed E-state index contributed by atoms with van der Waals surface area (Å²) in [5.41, 5.74) is 0.809. The van der Waals surface area contributed by atoms with Crippen LogP contribution in [0, 0.1) is 5.92 Å².